The number of hydrogen-bond donors (Lipinski definition) is 0. The number of hydrogen-bond acceptors (Lipinski definition) is 3. The van der Waals surface area contributed by atoms with Crippen molar-refractivity contribution >= 4 is 18.2 Å². The van der Waals surface area contributed by atoms with Crippen molar-refractivity contribution < 1.29 is 13.6 Å². The first-order valence-electron chi connectivity index (χ1n) is 4.25. The van der Waals surface area contributed by atoms with Crippen molar-refractivity contribution in [3.63, 3.8) is 0 Å². The third-order valence-corrected chi connectivity index (χ3v) is 4.35. The first-order chi connectivity index (χ1) is 5.66. The van der Waals surface area contributed by atoms with E-state index in [1.165, 1.54) is 0 Å². The summed E-state index contributed by atoms with van der Waals surface area (Å²) in [5, 5.41) is 0. The van der Waals surface area contributed by atoms with Gasteiger partial charge in [0.15, 0.2) is 0 Å². The minimum atomic E-state index is -3.26. The SMILES string of the molecule is CC(C)(C)C1(C)COP(=O)(Cl)OC1. The molecule has 0 bridgehead atoms. The van der Waals surface area contributed by atoms with Gasteiger partial charge in [-0.2, -0.15) is 0 Å². The lowest BCUT2D eigenvalue weighted by Gasteiger charge is -2.44. The van der Waals surface area contributed by atoms with E-state index >= 15 is 0 Å². The molecule has 0 saturated carbocycles. The molecule has 13 heavy (non-hydrogen) atoms. The second kappa shape index (κ2) is 3.23. The van der Waals surface area contributed by atoms with E-state index in [0.717, 1.165) is 0 Å². The van der Waals surface area contributed by atoms with Crippen LogP contribution in [0.25, 0.3) is 0 Å². The second-order valence-corrected chi connectivity index (χ2v) is 7.41. The molecular formula is C8H16ClO3P. The lowest BCUT2D eigenvalue weighted by molar-refractivity contribution is -0.0370. The molecule has 5 heteroatoms. The molecule has 0 aromatic rings. The van der Waals surface area contributed by atoms with E-state index < -0.39 is 6.95 Å². The minimum absolute atomic E-state index is 0.0459. The van der Waals surface area contributed by atoms with Crippen LogP contribution in [-0.2, 0) is 13.6 Å². The topological polar surface area (TPSA) is 35.5 Å². The highest BCUT2D eigenvalue weighted by atomic mass is 35.7. The lowest BCUT2D eigenvalue weighted by atomic mass is 9.69. The summed E-state index contributed by atoms with van der Waals surface area (Å²) in [7, 11) is 0. The molecule has 1 rings (SSSR count). The molecule has 0 unspecified atom stereocenters. The van der Waals surface area contributed by atoms with Gasteiger partial charge >= 0.3 is 6.95 Å². The Kier molecular flexibility index (Phi) is 2.86. The zero-order valence-corrected chi connectivity index (χ0v) is 10.1. The molecule has 1 aliphatic heterocycles. The van der Waals surface area contributed by atoms with Gasteiger partial charge in [0, 0.05) is 16.7 Å². The molecule has 3 nitrogen and oxygen atoms in total. The van der Waals surface area contributed by atoms with Crippen molar-refractivity contribution in [3.05, 3.63) is 0 Å². The Hall–Kier alpha value is 0.440. The summed E-state index contributed by atoms with van der Waals surface area (Å²) in [6.45, 7) is 5.86. The zero-order chi connectivity index (χ0) is 10.3. The van der Waals surface area contributed by atoms with Gasteiger partial charge in [-0.3, -0.25) is 9.05 Å². The normalized spacial score (nSPS) is 41.9. The van der Waals surface area contributed by atoms with Crippen molar-refractivity contribution in [2.75, 3.05) is 13.2 Å². The summed E-state index contributed by atoms with van der Waals surface area (Å²) in [6, 6.07) is 0. The molecule has 1 heterocycles. The van der Waals surface area contributed by atoms with E-state index in [2.05, 4.69) is 20.8 Å². The third kappa shape index (κ3) is 2.47. The van der Waals surface area contributed by atoms with E-state index in [1.807, 2.05) is 6.92 Å². The maximum atomic E-state index is 11.2. The number of rotatable bonds is 0. The Morgan fingerprint density at radius 2 is 1.69 bits per heavy atom. The van der Waals surface area contributed by atoms with Crippen LogP contribution >= 0.6 is 18.2 Å². The van der Waals surface area contributed by atoms with E-state index in [4.69, 9.17) is 20.3 Å². The first-order valence-corrected chi connectivity index (χ1v) is 6.70. The highest BCUT2D eigenvalue weighted by Crippen LogP contribution is 2.60. The van der Waals surface area contributed by atoms with Gasteiger partial charge in [-0.25, -0.2) is 4.57 Å². The van der Waals surface area contributed by atoms with E-state index in [-0.39, 0.29) is 10.8 Å². The molecule has 78 valence electrons. The molecule has 0 aliphatic carbocycles. The van der Waals surface area contributed by atoms with Gasteiger partial charge in [-0.05, 0) is 5.41 Å². The largest absolute Gasteiger partial charge is 0.424 e. The van der Waals surface area contributed by atoms with Crippen molar-refractivity contribution in [1.82, 2.24) is 0 Å². The smallest absolute Gasteiger partial charge is 0.296 e. The van der Waals surface area contributed by atoms with Gasteiger partial charge in [0.25, 0.3) is 0 Å². The molecule has 0 aromatic carbocycles. The van der Waals surface area contributed by atoms with Crippen LogP contribution in [0.1, 0.15) is 27.7 Å². The van der Waals surface area contributed by atoms with Crippen molar-refractivity contribution in [2.45, 2.75) is 27.7 Å². The molecule has 0 radical (unpaired) electrons. The van der Waals surface area contributed by atoms with Gasteiger partial charge in [-0.15, -0.1) is 0 Å². The average molecular weight is 227 g/mol. The van der Waals surface area contributed by atoms with Crippen LogP contribution in [0.5, 0.6) is 0 Å². The molecule has 1 aliphatic rings. The van der Waals surface area contributed by atoms with Gasteiger partial charge in [0.2, 0.25) is 0 Å². The third-order valence-electron chi connectivity index (χ3n) is 2.89. The Bertz CT molecular complexity index is 234. The average Bonchev–Trinajstić information content (AvgIpc) is 1.94. The van der Waals surface area contributed by atoms with Crippen LogP contribution in [0.2, 0.25) is 0 Å². The summed E-state index contributed by atoms with van der Waals surface area (Å²) < 4.78 is 21.2. The van der Waals surface area contributed by atoms with Crippen LogP contribution < -0.4 is 0 Å². The van der Waals surface area contributed by atoms with Crippen LogP contribution in [0.15, 0.2) is 0 Å². The molecule has 0 N–H and O–H groups in total. The second-order valence-electron chi connectivity index (χ2n) is 4.79. The zero-order valence-electron chi connectivity index (χ0n) is 8.46. The Labute approximate surface area is 84.1 Å². The monoisotopic (exact) mass is 226 g/mol. The maximum absolute atomic E-state index is 11.2. The fourth-order valence-corrected chi connectivity index (χ4v) is 2.20. The van der Waals surface area contributed by atoms with Crippen LogP contribution in [0.3, 0.4) is 0 Å². The van der Waals surface area contributed by atoms with E-state index in [9.17, 15) is 4.57 Å². The van der Waals surface area contributed by atoms with Gasteiger partial charge < -0.3 is 0 Å². The van der Waals surface area contributed by atoms with Crippen LogP contribution in [0, 0.1) is 10.8 Å². The quantitative estimate of drug-likeness (QED) is 0.594. The minimum Gasteiger partial charge on any atom is -0.296 e. The fraction of sp³-hybridized carbons (Fsp3) is 1.00. The van der Waals surface area contributed by atoms with Crippen molar-refractivity contribution in [1.29, 1.82) is 0 Å². The Balaban J connectivity index is 2.73. The molecule has 0 spiro atoms. The van der Waals surface area contributed by atoms with E-state index in [1.54, 1.807) is 0 Å². The standard InChI is InChI=1S/C8H16ClO3P/c1-7(2,3)8(4)5-11-13(9,10)12-6-8/h5-6H2,1-4H3. The summed E-state index contributed by atoms with van der Waals surface area (Å²) >= 11 is 5.46. The maximum Gasteiger partial charge on any atom is 0.424 e. The molecule has 0 amide bonds. The summed E-state index contributed by atoms with van der Waals surface area (Å²) in [5.74, 6) is 0. The van der Waals surface area contributed by atoms with Gasteiger partial charge in [-0.1, -0.05) is 27.7 Å². The Morgan fingerprint density at radius 1 is 1.31 bits per heavy atom. The fourth-order valence-electron chi connectivity index (χ4n) is 0.951. The molecule has 0 aromatic heterocycles. The van der Waals surface area contributed by atoms with Crippen molar-refractivity contribution in [3.8, 4) is 0 Å². The highest BCUT2D eigenvalue weighted by molar-refractivity contribution is 7.81. The molecular weight excluding hydrogens is 211 g/mol. The molecule has 1 fully saturated rings. The highest BCUT2D eigenvalue weighted by Gasteiger charge is 2.45. The predicted octanol–water partition coefficient (Wildman–Crippen LogP) is 3.43. The summed E-state index contributed by atoms with van der Waals surface area (Å²) in [6.07, 6.45) is 0. The van der Waals surface area contributed by atoms with Crippen LogP contribution in [-0.4, -0.2) is 13.2 Å². The van der Waals surface area contributed by atoms with Crippen LogP contribution in [0.4, 0.5) is 0 Å². The van der Waals surface area contributed by atoms with Gasteiger partial charge in [0.1, 0.15) is 0 Å². The molecule has 0 atom stereocenters. The lowest BCUT2D eigenvalue weighted by Crippen LogP contribution is -2.42. The van der Waals surface area contributed by atoms with E-state index in [0.29, 0.717) is 13.2 Å². The summed E-state index contributed by atoms with van der Waals surface area (Å²) in [5.41, 5.74) is -0.0832. The number of halogens is 1. The predicted molar refractivity (Wildman–Crippen MR) is 52.9 cm³/mol. The molecule has 1 saturated heterocycles. The Morgan fingerprint density at radius 3 is 2.00 bits per heavy atom. The van der Waals surface area contributed by atoms with Gasteiger partial charge in [0.05, 0.1) is 13.2 Å². The first kappa shape index (κ1) is 11.5. The van der Waals surface area contributed by atoms with Crippen molar-refractivity contribution in [2.24, 2.45) is 10.8 Å². The summed E-state index contributed by atoms with van der Waals surface area (Å²) in [4.78, 5) is 0.